The minimum absolute atomic E-state index is 0.0122. The molecule has 0 bridgehead atoms. The van der Waals surface area contributed by atoms with E-state index in [1.165, 1.54) is 35.3 Å². The van der Waals surface area contributed by atoms with Crippen LogP contribution in [-0.2, 0) is 21.0 Å². The maximum atomic E-state index is 17.1. The van der Waals surface area contributed by atoms with Crippen molar-refractivity contribution in [1.82, 2.24) is 24.8 Å². The van der Waals surface area contributed by atoms with Gasteiger partial charge in [0.05, 0.1) is 42.8 Å². The molecule has 0 aliphatic carbocycles. The van der Waals surface area contributed by atoms with Gasteiger partial charge in [0.15, 0.2) is 5.82 Å². The smallest absolute Gasteiger partial charge is 0.410 e. The molecule has 3 aromatic carbocycles. The monoisotopic (exact) mass is 833 g/mol. The van der Waals surface area contributed by atoms with Crippen LogP contribution in [-0.4, -0.2) is 110 Å². The number of nitrogens with zero attached hydrogens (tertiary/aromatic N) is 7. The van der Waals surface area contributed by atoms with Crippen molar-refractivity contribution in [3.05, 3.63) is 76.8 Å². The fourth-order valence-corrected chi connectivity index (χ4v) is 7.75. The number of hydroxylamine groups is 2. The SMILES string of the molecule is CON(C)C(=O)CCCCCCOc1cccc(F)c1-c1c(Cl)cc2c(N3CCN(C(=O)OCc4ccccc4)[C@H](CC#N)C3)nc(OC[C@@H]3CCCN3C)nc2c1F. The van der Waals surface area contributed by atoms with Crippen molar-refractivity contribution in [3.63, 3.8) is 0 Å². The van der Waals surface area contributed by atoms with Gasteiger partial charge in [-0.25, -0.2) is 18.6 Å². The zero-order valence-corrected chi connectivity index (χ0v) is 34.4. The van der Waals surface area contributed by atoms with Crippen LogP contribution in [0.3, 0.4) is 0 Å². The van der Waals surface area contributed by atoms with Gasteiger partial charge in [-0.05, 0) is 63.0 Å². The van der Waals surface area contributed by atoms with E-state index in [9.17, 15) is 14.9 Å². The number of amides is 2. The van der Waals surface area contributed by atoms with Gasteiger partial charge < -0.3 is 28.9 Å². The molecule has 6 rings (SSSR count). The molecule has 4 aromatic rings. The lowest BCUT2D eigenvalue weighted by molar-refractivity contribution is -0.168. The Labute approximate surface area is 348 Å². The molecule has 0 N–H and O–H groups in total. The van der Waals surface area contributed by atoms with Crippen LogP contribution >= 0.6 is 11.6 Å². The highest BCUT2D eigenvalue weighted by atomic mass is 35.5. The maximum absolute atomic E-state index is 17.1. The molecule has 16 heteroatoms. The maximum Gasteiger partial charge on any atom is 0.410 e. The zero-order valence-electron chi connectivity index (χ0n) is 33.7. The lowest BCUT2D eigenvalue weighted by Gasteiger charge is -2.40. The van der Waals surface area contributed by atoms with E-state index >= 15 is 8.78 Å². The molecular formula is C43H50ClF2N7O6. The van der Waals surface area contributed by atoms with Gasteiger partial charge in [-0.3, -0.25) is 9.63 Å². The largest absolute Gasteiger partial charge is 0.493 e. The lowest BCUT2D eigenvalue weighted by Crippen LogP contribution is -2.55. The van der Waals surface area contributed by atoms with E-state index in [0.717, 1.165) is 37.8 Å². The normalized spacial score (nSPS) is 16.9. The van der Waals surface area contributed by atoms with Crippen LogP contribution in [0, 0.1) is 23.0 Å². The first kappa shape index (κ1) is 43.3. The number of ether oxygens (including phenoxy) is 3. The van der Waals surface area contributed by atoms with Crippen molar-refractivity contribution < 1.29 is 37.4 Å². The predicted octanol–water partition coefficient (Wildman–Crippen LogP) is 7.79. The van der Waals surface area contributed by atoms with E-state index in [0.29, 0.717) is 25.1 Å². The minimum Gasteiger partial charge on any atom is -0.493 e. The third-order valence-electron chi connectivity index (χ3n) is 10.9. The Bertz CT molecular complexity index is 2130. The highest BCUT2D eigenvalue weighted by Crippen LogP contribution is 2.43. The average Bonchev–Trinajstić information content (AvgIpc) is 3.66. The number of halogens is 3. The number of hydrogen-bond donors (Lipinski definition) is 0. The van der Waals surface area contributed by atoms with E-state index in [1.54, 1.807) is 13.1 Å². The van der Waals surface area contributed by atoms with Crippen LogP contribution in [0.25, 0.3) is 22.0 Å². The number of benzene rings is 3. The summed E-state index contributed by atoms with van der Waals surface area (Å²) in [6, 6.07) is 16.8. The van der Waals surface area contributed by atoms with Gasteiger partial charge in [0.25, 0.3) is 0 Å². The Morgan fingerprint density at radius 3 is 2.53 bits per heavy atom. The van der Waals surface area contributed by atoms with Gasteiger partial charge >= 0.3 is 12.1 Å². The van der Waals surface area contributed by atoms with Crippen molar-refractivity contribution in [3.8, 4) is 29.0 Å². The van der Waals surface area contributed by atoms with Gasteiger partial charge in [-0.15, -0.1) is 0 Å². The second kappa shape index (κ2) is 20.6. The number of piperazine rings is 1. The molecule has 2 saturated heterocycles. The van der Waals surface area contributed by atoms with E-state index in [2.05, 4.69) is 16.0 Å². The topological polar surface area (TPSA) is 134 Å². The molecule has 3 heterocycles. The Morgan fingerprint density at radius 2 is 1.78 bits per heavy atom. The van der Waals surface area contributed by atoms with Crippen LogP contribution < -0.4 is 14.4 Å². The fraction of sp³-hybridized carbons (Fsp3) is 0.465. The molecule has 1 aromatic heterocycles. The summed E-state index contributed by atoms with van der Waals surface area (Å²) in [5.74, 6) is -1.29. The summed E-state index contributed by atoms with van der Waals surface area (Å²) in [5.41, 5.74) is 0.346. The summed E-state index contributed by atoms with van der Waals surface area (Å²) >= 11 is 6.88. The average molecular weight is 834 g/mol. The molecule has 2 amide bonds. The summed E-state index contributed by atoms with van der Waals surface area (Å²) in [7, 11) is 5.02. The number of nitriles is 1. The van der Waals surface area contributed by atoms with E-state index in [1.807, 2.05) is 42.3 Å². The number of fused-ring (bicyclic) bond motifs is 1. The standard InChI is InChI=1S/C43H50ClF2N7O6/c1-50-21-12-15-31(50)28-58-42-48-40-32(41(49-42)52-22-23-53(30(26-52)19-20-47)43(55)59-27-29-13-7-6-8-14-29)25-33(44)37(39(40)46)38-34(45)16-11-17-35(38)57-24-10-5-4-9-18-36(54)51(2)56-3/h6-8,11,13-14,16-17,25,30-31H,4-5,9-10,12,15,18-19,21-24,26-28H2,1-3H3/t30-,31+/m1/s1. The molecule has 2 atom stereocenters. The van der Waals surface area contributed by atoms with E-state index in [4.69, 9.17) is 35.6 Å². The first-order valence-corrected chi connectivity index (χ1v) is 20.3. The molecule has 2 aliphatic heterocycles. The Kier molecular flexibility index (Phi) is 15.1. The van der Waals surface area contributed by atoms with Crippen LogP contribution in [0.4, 0.5) is 19.4 Å². The summed E-state index contributed by atoms with van der Waals surface area (Å²) in [4.78, 5) is 45.1. The number of carbonyl (C=O) groups excluding carboxylic acids is 2. The highest BCUT2D eigenvalue weighted by molar-refractivity contribution is 6.34. The summed E-state index contributed by atoms with van der Waals surface area (Å²) in [5, 5.41) is 11.1. The summed E-state index contributed by atoms with van der Waals surface area (Å²) in [6.45, 7) is 2.15. The third kappa shape index (κ3) is 10.7. The van der Waals surface area contributed by atoms with Crippen molar-refractivity contribution in [2.75, 3.05) is 65.5 Å². The Hall–Kier alpha value is -5.30. The van der Waals surface area contributed by atoms with Crippen molar-refractivity contribution in [2.45, 2.75) is 70.1 Å². The number of unbranched alkanes of at least 4 members (excludes halogenated alkanes) is 3. The number of likely N-dealkylation sites (N-methyl/N-ethyl adjacent to an activating group) is 1. The number of aromatic nitrogens is 2. The fourth-order valence-electron chi connectivity index (χ4n) is 7.47. The van der Waals surface area contributed by atoms with Crippen molar-refractivity contribution in [1.29, 1.82) is 5.26 Å². The molecule has 2 fully saturated rings. The highest BCUT2D eigenvalue weighted by Gasteiger charge is 2.34. The second-order valence-electron chi connectivity index (χ2n) is 14.8. The van der Waals surface area contributed by atoms with Gasteiger partial charge in [0.2, 0.25) is 5.91 Å². The molecule has 0 unspecified atom stereocenters. The molecule has 2 aliphatic rings. The van der Waals surface area contributed by atoms with Crippen LogP contribution in [0.15, 0.2) is 54.6 Å². The third-order valence-corrected chi connectivity index (χ3v) is 11.2. The van der Waals surface area contributed by atoms with Crippen LogP contribution in [0.1, 0.15) is 56.9 Å². The predicted molar refractivity (Wildman–Crippen MR) is 219 cm³/mol. The number of hydrogen-bond acceptors (Lipinski definition) is 11. The second-order valence-corrected chi connectivity index (χ2v) is 15.2. The first-order chi connectivity index (χ1) is 28.6. The number of carbonyl (C=O) groups is 2. The summed E-state index contributed by atoms with van der Waals surface area (Å²) in [6.07, 6.45) is 4.60. The van der Waals surface area contributed by atoms with Gasteiger partial charge in [-0.2, -0.15) is 15.2 Å². The number of likely N-dealkylation sites (tertiary alicyclic amines) is 1. The molecule has 59 heavy (non-hydrogen) atoms. The van der Waals surface area contributed by atoms with Crippen molar-refractivity contribution >= 4 is 40.3 Å². The minimum atomic E-state index is -0.878. The quantitative estimate of drug-likeness (QED) is 0.0763. The Morgan fingerprint density at radius 1 is 0.983 bits per heavy atom. The molecule has 0 saturated carbocycles. The van der Waals surface area contributed by atoms with Gasteiger partial charge in [0, 0.05) is 50.1 Å². The van der Waals surface area contributed by atoms with Gasteiger partial charge in [-0.1, -0.05) is 60.8 Å². The molecular weight excluding hydrogens is 784 g/mol. The molecule has 0 radical (unpaired) electrons. The van der Waals surface area contributed by atoms with Crippen molar-refractivity contribution in [2.24, 2.45) is 0 Å². The van der Waals surface area contributed by atoms with Gasteiger partial charge in [0.1, 0.15) is 36.1 Å². The number of rotatable bonds is 17. The molecule has 314 valence electrons. The molecule has 13 nitrogen and oxygen atoms in total. The van der Waals surface area contributed by atoms with E-state index < -0.39 is 23.8 Å². The Balaban J connectivity index is 1.27. The zero-order chi connectivity index (χ0) is 41.9. The van der Waals surface area contributed by atoms with Crippen LogP contribution in [0.5, 0.6) is 11.8 Å². The summed E-state index contributed by atoms with van der Waals surface area (Å²) < 4.78 is 50.7. The first-order valence-electron chi connectivity index (χ1n) is 19.9. The van der Waals surface area contributed by atoms with Crippen LogP contribution in [0.2, 0.25) is 5.02 Å². The molecule has 0 spiro atoms. The van der Waals surface area contributed by atoms with E-state index in [-0.39, 0.29) is 96.6 Å². The lowest BCUT2D eigenvalue weighted by atomic mass is 10.0. The number of anilines is 1.